The molecule has 3 aliphatic carbocycles. The number of hydrogen-bond acceptors (Lipinski definition) is 0. The Balaban J connectivity index is -0.000000131. The summed E-state index contributed by atoms with van der Waals surface area (Å²) in [5, 5.41) is 0. The van der Waals surface area contributed by atoms with E-state index in [0.29, 0.717) is 0 Å². The topological polar surface area (TPSA) is 0 Å². The quantitative estimate of drug-likeness (QED) is 0.364. The Morgan fingerprint density at radius 1 is 0.885 bits per heavy atom. The molecule has 0 aromatic rings. The van der Waals surface area contributed by atoms with Crippen LogP contribution in [0.4, 0.5) is 0 Å². The van der Waals surface area contributed by atoms with Gasteiger partial charge in [-0.15, -0.1) is 19.8 Å². The van der Waals surface area contributed by atoms with Crippen LogP contribution in [-0.2, 0) is 26.2 Å². The van der Waals surface area contributed by atoms with Gasteiger partial charge in [0.1, 0.15) is 0 Å². The number of rotatable bonds is 0. The van der Waals surface area contributed by atoms with E-state index in [0.717, 1.165) is 22.4 Å². The van der Waals surface area contributed by atoms with E-state index in [1.807, 2.05) is 24.3 Å². The van der Waals surface area contributed by atoms with E-state index in [1.165, 1.54) is 16.7 Å². The van der Waals surface area contributed by atoms with Crippen LogP contribution in [0.3, 0.4) is 0 Å². The molecule has 145 valence electrons. The summed E-state index contributed by atoms with van der Waals surface area (Å²) in [7, 11) is 0.750. The summed E-state index contributed by atoms with van der Waals surface area (Å²) < 4.78 is 0. The Morgan fingerprint density at radius 3 is 1.35 bits per heavy atom. The van der Waals surface area contributed by atoms with E-state index in [1.54, 1.807) is 0 Å². The molecule has 0 bridgehead atoms. The molecule has 26 heavy (non-hydrogen) atoms. The van der Waals surface area contributed by atoms with E-state index in [-0.39, 0.29) is 41.0 Å². The molecule has 0 fully saturated rings. The predicted molar refractivity (Wildman–Crippen MR) is 107 cm³/mol. The van der Waals surface area contributed by atoms with Crippen LogP contribution < -0.4 is 9.41 Å². The van der Waals surface area contributed by atoms with E-state index in [2.05, 4.69) is 78.1 Å². The van der Waals surface area contributed by atoms with Gasteiger partial charge in [-0.2, -0.15) is 23.3 Å². The summed E-state index contributed by atoms with van der Waals surface area (Å²) in [5.74, 6) is 0. The zero-order valence-corrected chi connectivity index (χ0v) is 20.8. The van der Waals surface area contributed by atoms with Gasteiger partial charge in [-0.05, 0) is 0 Å². The second kappa shape index (κ2) is 19.2. The summed E-state index contributed by atoms with van der Waals surface area (Å²) in [6, 6.07) is 0. The van der Waals surface area contributed by atoms with Crippen molar-refractivity contribution in [2.75, 3.05) is 0 Å². The summed E-state index contributed by atoms with van der Waals surface area (Å²) >= 11 is 0. The van der Waals surface area contributed by atoms with Crippen molar-refractivity contribution in [2.45, 2.75) is 60.6 Å². The molecular weight excluding hydrogens is 422 g/mol. The normalized spacial score (nSPS) is 16.5. The maximum Gasteiger partial charge on any atom is 2.00 e. The van der Waals surface area contributed by atoms with Crippen molar-refractivity contribution in [2.24, 2.45) is 5.41 Å². The number of halogens is 2. The Bertz CT molecular complexity index is 482. The van der Waals surface area contributed by atoms with Crippen LogP contribution in [0, 0.1) is 23.6 Å². The first-order valence-electron chi connectivity index (χ1n) is 8.34. The molecule has 3 rings (SSSR count). The van der Waals surface area contributed by atoms with Crippen molar-refractivity contribution in [1.29, 1.82) is 0 Å². The maximum absolute atomic E-state index is 3.44. The van der Waals surface area contributed by atoms with Crippen LogP contribution in [0.15, 0.2) is 53.2 Å². The number of allylic oxidation sites excluding steroid dienone is 12. The van der Waals surface area contributed by atoms with Gasteiger partial charge < -0.3 is 9.41 Å². The minimum absolute atomic E-state index is 0. The molecule has 0 aliphatic heterocycles. The molecular formula is C22H32F2SiZr-3. The Labute approximate surface area is 182 Å². The Morgan fingerprint density at radius 2 is 1.27 bits per heavy atom. The average molecular weight is 454 g/mol. The third kappa shape index (κ3) is 14.6. The molecule has 0 saturated carbocycles. The zero-order chi connectivity index (χ0) is 17.7. The minimum atomic E-state index is 0. The standard InChI is InChI=1S/C10H15.2C5H5.C2H7Si.2FH.Zr/c1-7-6-10(4,5)9(3)8(7)2;2*1-2-4-5-3-1;1-3-2;;;/h1-5H3;2*1-3H,4H2;3H,1-2H3;2*1H;/q3*-1;;;;+2/p-2. The molecule has 0 aromatic heterocycles. The Hall–Kier alpha value is -0.600. The van der Waals surface area contributed by atoms with Crippen molar-refractivity contribution in [1.82, 2.24) is 0 Å². The molecule has 0 amide bonds. The van der Waals surface area contributed by atoms with Crippen LogP contribution >= 0.6 is 0 Å². The third-order valence-corrected chi connectivity index (χ3v) is 3.73. The molecule has 4 heteroatoms. The van der Waals surface area contributed by atoms with Gasteiger partial charge in [0, 0.05) is 9.52 Å². The maximum atomic E-state index is 3.44. The van der Waals surface area contributed by atoms with Gasteiger partial charge in [-0.25, -0.2) is 29.9 Å². The van der Waals surface area contributed by atoms with Crippen molar-refractivity contribution in [3.63, 3.8) is 0 Å². The van der Waals surface area contributed by atoms with Crippen molar-refractivity contribution in [3.05, 3.63) is 71.4 Å². The van der Waals surface area contributed by atoms with Gasteiger partial charge in [0.25, 0.3) is 0 Å². The molecule has 1 radical (unpaired) electrons. The summed E-state index contributed by atoms with van der Waals surface area (Å²) in [5.41, 5.74) is 4.39. The van der Waals surface area contributed by atoms with E-state index in [9.17, 15) is 0 Å². The SMILES string of the molecule is CC1=[C-]C(C)(C)C(C)=C1C.C[SiH]C.[C-]1=CC=CC1.[C-]1=CC=CC1.[F-].[F-].[Zr+2]. The zero-order valence-electron chi connectivity index (χ0n) is 17.2. The largest absolute Gasteiger partial charge is 2.00 e. The first-order valence-corrected chi connectivity index (χ1v) is 10.6. The van der Waals surface area contributed by atoms with Gasteiger partial charge in [0.2, 0.25) is 0 Å². The van der Waals surface area contributed by atoms with Crippen LogP contribution in [-0.4, -0.2) is 9.52 Å². The van der Waals surface area contributed by atoms with Crippen LogP contribution in [0.1, 0.15) is 47.5 Å². The van der Waals surface area contributed by atoms with Crippen LogP contribution in [0.2, 0.25) is 13.1 Å². The van der Waals surface area contributed by atoms with Gasteiger partial charge in [-0.3, -0.25) is 18.2 Å². The minimum Gasteiger partial charge on any atom is -1.00 e. The fourth-order valence-corrected chi connectivity index (χ4v) is 2.09. The first kappa shape index (κ1) is 33.0. The molecule has 3 aliphatic rings. The summed E-state index contributed by atoms with van der Waals surface area (Å²) in [4.78, 5) is 0. The second-order valence-corrected chi connectivity index (χ2v) is 7.36. The molecule has 0 N–H and O–H groups in total. The van der Waals surface area contributed by atoms with E-state index in [4.69, 9.17) is 0 Å². The van der Waals surface area contributed by atoms with E-state index >= 15 is 0 Å². The molecule has 0 spiro atoms. The molecule has 0 unspecified atom stereocenters. The molecule has 0 heterocycles. The Kier molecular flexibility index (Phi) is 24.3. The molecule has 0 nitrogen and oxygen atoms in total. The predicted octanol–water partition coefficient (Wildman–Crippen LogP) is 0.248. The van der Waals surface area contributed by atoms with Crippen LogP contribution in [0.25, 0.3) is 0 Å². The number of hydrogen-bond donors (Lipinski definition) is 0. The van der Waals surface area contributed by atoms with E-state index < -0.39 is 0 Å². The monoisotopic (exact) mass is 452 g/mol. The summed E-state index contributed by atoms with van der Waals surface area (Å²) in [6.45, 7) is 15.3. The van der Waals surface area contributed by atoms with Crippen LogP contribution in [0.5, 0.6) is 0 Å². The second-order valence-electron chi connectivity index (χ2n) is 6.21. The van der Waals surface area contributed by atoms with Gasteiger partial charge in [-0.1, -0.05) is 46.2 Å². The van der Waals surface area contributed by atoms with Crippen molar-refractivity contribution >= 4 is 9.52 Å². The molecule has 0 atom stereocenters. The molecule has 0 aromatic carbocycles. The van der Waals surface area contributed by atoms with Gasteiger partial charge in [0.15, 0.2) is 0 Å². The van der Waals surface area contributed by atoms with Gasteiger partial charge in [0.05, 0.1) is 0 Å². The van der Waals surface area contributed by atoms with Crippen molar-refractivity contribution in [3.8, 4) is 0 Å². The third-order valence-electron chi connectivity index (χ3n) is 3.73. The fourth-order valence-electron chi connectivity index (χ4n) is 2.09. The molecule has 0 saturated heterocycles. The average Bonchev–Trinajstić information content (AvgIpc) is 3.24. The van der Waals surface area contributed by atoms with Crippen molar-refractivity contribution < 1.29 is 35.6 Å². The van der Waals surface area contributed by atoms with Gasteiger partial charge >= 0.3 is 26.2 Å². The first-order chi connectivity index (χ1) is 10.9. The smallest absolute Gasteiger partial charge is 1.00 e. The fraction of sp³-hybridized carbons (Fsp3) is 0.455. The summed E-state index contributed by atoms with van der Waals surface area (Å²) in [6.07, 6.45) is 23.4.